The maximum absolute atomic E-state index is 14.9. The highest BCUT2D eigenvalue weighted by molar-refractivity contribution is 7.18. The zero-order chi connectivity index (χ0) is 36.4. The van der Waals surface area contributed by atoms with Gasteiger partial charge in [-0.2, -0.15) is 5.10 Å². The molecule has 0 bridgehead atoms. The third kappa shape index (κ3) is 7.12. The Balaban J connectivity index is 1.06. The summed E-state index contributed by atoms with van der Waals surface area (Å²) in [4.78, 5) is 27.7. The van der Waals surface area contributed by atoms with Gasteiger partial charge < -0.3 is 25.8 Å². The number of ether oxygens (including phenoxy) is 1. The smallest absolute Gasteiger partial charge is 0.298 e. The van der Waals surface area contributed by atoms with Crippen LogP contribution in [0.2, 0.25) is 0 Å². The molecule has 12 nitrogen and oxygen atoms in total. The molecule has 1 saturated heterocycles. The Labute approximate surface area is 302 Å². The van der Waals surface area contributed by atoms with Gasteiger partial charge >= 0.3 is 0 Å². The highest BCUT2D eigenvalue weighted by Crippen LogP contribution is 2.37. The van der Waals surface area contributed by atoms with Crippen molar-refractivity contribution in [3.63, 3.8) is 0 Å². The van der Waals surface area contributed by atoms with Gasteiger partial charge in [0.1, 0.15) is 47.1 Å². The molecule has 1 unspecified atom stereocenters. The minimum atomic E-state index is -1.66. The number of fused-ring (bicyclic) bond motifs is 2. The van der Waals surface area contributed by atoms with Gasteiger partial charge in [0.25, 0.3) is 5.56 Å². The number of nitrogen functional groups attached to an aromatic ring is 1. The van der Waals surface area contributed by atoms with Crippen LogP contribution in [-0.4, -0.2) is 73.1 Å². The van der Waals surface area contributed by atoms with Gasteiger partial charge in [0, 0.05) is 41.3 Å². The van der Waals surface area contributed by atoms with Crippen molar-refractivity contribution in [1.82, 2.24) is 34.5 Å². The van der Waals surface area contributed by atoms with Gasteiger partial charge in [-0.25, -0.2) is 23.4 Å². The molecule has 5 aromatic rings. The Morgan fingerprint density at radius 2 is 1.96 bits per heavy atom. The first-order chi connectivity index (χ1) is 25.2. The molecule has 2 aromatic carbocycles. The van der Waals surface area contributed by atoms with Crippen LogP contribution in [0.25, 0.3) is 16.0 Å². The topological polar surface area (TPSA) is 140 Å². The van der Waals surface area contributed by atoms with Crippen LogP contribution in [0.15, 0.2) is 97.0 Å². The van der Waals surface area contributed by atoms with Crippen LogP contribution >= 0.6 is 11.3 Å². The maximum atomic E-state index is 14.9. The molecule has 270 valence electrons. The van der Waals surface area contributed by atoms with Gasteiger partial charge in [0.2, 0.25) is 0 Å². The highest BCUT2D eigenvalue weighted by atomic mass is 32.1. The fourth-order valence-corrected chi connectivity index (χ4v) is 7.94. The lowest BCUT2D eigenvalue weighted by Crippen LogP contribution is -2.49. The molecular formula is C37H39F2N9O3S. The quantitative estimate of drug-likeness (QED) is 0.158. The molecule has 1 atom stereocenters. The molecular weight excluding hydrogens is 689 g/mol. The van der Waals surface area contributed by atoms with E-state index in [1.165, 1.54) is 34.7 Å². The Kier molecular flexibility index (Phi) is 10.0. The lowest BCUT2D eigenvalue weighted by atomic mass is 9.91. The van der Waals surface area contributed by atoms with Crippen molar-refractivity contribution < 1.29 is 18.6 Å². The second-order valence-electron chi connectivity index (χ2n) is 12.9. The molecule has 15 heteroatoms. The molecule has 5 heterocycles. The molecule has 3 aromatic heterocycles. The average Bonchev–Trinajstić information content (AvgIpc) is 3.79. The van der Waals surface area contributed by atoms with E-state index in [4.69, 9.17) is 10.5 Å². The Morgan fingerprint density at radius 1 is 1.13 bits per heavy atom. The Morgan fingerprint density at radius 3 is 2.69 bits per heavy atom. The van der Waals surface area contributed by atoms with Crippen LogP contribution in [0.3, 0.4) is 0 Å². The van der Waals surface area contributed by atoms with Crippen LogP contribution < -0.4 is 26.2 Å². The number of thiophene rings is 1. The normalized spacial score (nSPS) is 16.8. The van der Waals surface area contributed by atoms with E-state index in [0.717, 1.165) is 41.2 Å². The first-order valence-corrected chi connectivity index (χ1v) is 17.7. The maximum Gasteiger partial charge on any atom is 0.298 e. The van der Waals surface area contributed by atoms with Crippen LogP contribution in [0.1, 0.15) is 23.3 Å². The van der Waals surface area contributed by atoms with E-state index < -0.39 is 22.8 Å². The van der Waals surface area contributed by atoms with Crippen LogP contribution in [-0.2, 0) is 18.7 Å². The second kappa shape index (κ2) is 14.8. The number of anilines is 2. The lowest BCUT2D eigenvalue weighted by Gasteiger charge is -2.38. The lowest BCUT2D eigenvalue weighted by molar-refractivity contribution is -0.0272. The molecule has 1 fully saturated rings. The summed E-state index contributed by atoms with van der Waals surface area (Å²) in [6, 6.07) is 11.0. The van der Waals surface area contributed by atoms with E-state index >= 15 is 0 Å². The standard InChI is InChI=1S/C37H39F2N9O3S/c1-3-5-26(4-2)47-14-15-51-33-9-7-27(17-31(33)47)48-32-18-28(52-35(32)44-34(40)36(48)49)19-42-25-10-12-45(13-11-25)20-37(50,21-46-23-41-22-43-46)29-8-6-24(38)16-30(29)39/h3-9,16-18,22-23,25,42,50H,1-2,10-15,19-21H2,(H2,40,44)/b26-5+. The first-order valence-electron chi connectivity index (χ1n) is 16.9. The van der Waals surface area contributed by atoms with E-state index in [0.29, 0.717) is 54.6 Å². The van der Waals surface area contributed by atoms with Gasteiger partial charge in [-0.15, -0.1) is 11.3 Å². The summed E-state index contributed by atoms with van der Waals surface area (Å²) < 4.78 is 37.6. The Hall–Kier alpha value is -5.22. The minimum absolute atomic E-state index is 0.00854. The number of piperidine rings is 1. The van der Waals surface area contributed by atoms with Crippen molar-refractivity contribution in [2.24, 2.45) is 0 Å². The predicted octanol–water partition coefficient (Wildman–Crippen LogP) is 4.50. The van der Waals surface area contributed by atoms with Gasteiger partial charge in [-0.1, -0.05) is 25.3 Å². The molecule has 0 aliphatic carbocycles. The number of rotatable bonds is 12. The fourth-order valence-electron chi connectivity index (χ4n) is 6.97. The third-order valence-corrected chi connectivity index (χ3v) is 10.5. The van der Waals surface area contributed by atoms with Crippen molar-refractivity contribution >= 4 is 33.2 Å². The number of nitrogens with two attached hydrogens (primary N) is 1. The minimum Gasteiger partial charge on any atom is -0.490 e. The zero-order valence-electron chi connectivity index (χ0n) is 28.4. The van der Waals surface area contributed by atoms with Crippen LogP contribution in [0.4, 0.5) is 20.3 Å². The summed E-state index contributed by atoms with van der Waals surface area (Å²) in [7, 11) is 0. The van der Waals surface area contributed by atoms with Crippen molar-refractivity contribution in [3.05, 3.63) is 125 Å². The molecule has 0 saturated carbocycles. The van der Waals surface area contributed by atoms with E-state index in [9.17, 15) is 18.7 Å². The number of nitrogens with one attached hydrogen (secondary N) is 1. The van der Waals surface area contributed by atoms with Gasteiger partial charge in [-0.05, 0) is 68.4 Å². The number of nitrogens with zero attached hydrogens (tertiary/aromatic N) is 7. The summed E-state index contributed by atoms with van der Waals surface area (Å²) in [5.74, 6) is -0.914. The number of allylic oxidation sites excluding steroid dienone is 3. The number of aliphatic hydroxyl groups is 1. The fraction of sp³-hybridized carbons (Fsp3) is 0.297. The van der Waals surface area contributed by atoms with E-state index in [1.54, 1.807) is 16.7 Å². The zero-order valence-corrected chi connectivity index (χ0v) is 29.2. The molecule has 52 heavy (non-hydrogen) atoms. The van der Waals surface area contributed by atoms with E-state index in [-0.39, 0.29) is 30.5 Å². The molecule has 0 spiro atoms. The predicted molar refractivity (Wildman–Crippen MR) is 198 cm³/mol. The van der Waals surface area contributed by atoms with E-state index in [1.807, 2.05) is 30.3 Å². The third-order valence-electron chi connectivity index (χ3n) is 9.46. The number of benzene rings is 2. The number of halogens is 2. The van der Waals surface area contributed by atoms with Crippen LogP contribution in [0.5, 0.6) is 5.75 Å². The molecule has 0 radical (unpaired) electrons. The molecule has 2 aliphatic heterocycles. The van der Waals surface area contributed by atoms with Gasteiger partial charge in [0.05, 0.1) is 30.0 Å². The number of hydrogen-bond donors (Lipinski definition) is 3. The highest BCUT2D eigenvalue weighted by Gasteiger charge is 2.36. The monoisotopic (exact) mass is 727 g/mol. The summed E-state index contributed by atoms with van der Waals surface area (Å²) in [6.45, 7) is 10.8. The summed E-state index contributed by atoms with van der Waals surface area (Å²) in [5, 5.41) is 19.5. The van der Waals surface area contributed by atoms with E-state index in [2.05, 4.69) is 43.3 Å². The number of hydrogen-bond acceptors (Lipinski definition) is 11. The molecule has 7 rings (SSSR count). The van der Waals surface area contributed by atoms with Gasteiger partial charge in [-0.3, -0.25) is 14.3 Å². The van der Waals surface area contributed by atoms with Crippen molar-refractivity contribution in [3.8, 4) is 11.4 Å². The summed E-state index contributed by atoms with van der Waals surface area (Å²) in [5.41, 5.74) is 7.05. The van der Waals surface area contributed by atoms with Gasteiger partial charge in [0.15, 0.2) is 5.82 Å². The number of likely N-dealkylation sites (tertiary alicyclic amines) is 1. The molecule has 0 amide bonds. The number of aromatic nitrogens is 5. The van der Waals surface area contributed by atoms with Crippen LogP contribution in [0, 0.1) is 11.6 Å². The largest absolute Gasteiger partial charge is 0.490 e. The molecule has 4 N–H and O–H groups in total. The summed E-state index contributed by atoms with van der Waals surface area (Å²) >= 11 is 1.47. The second-order valence-corrected chi connectivity index (χ2v) is 14.0. The van der Waals surface area contributed by atoms with Crippen molar-refractivity contribution in [2.45, 2.75) is 37.6 Å². The Bertz CT molecular complexity index is 2190. The SMILES string of the molecule is C=C/C=C(\C=C)N1CCOc2ccc(-n3c(=O)c(N)nc4sc(CNC5CCN(CC(O)(Cn6cncn6)c6ccc(F)cc6F)CC5)cc43)cc21. The average molecular weight is 728 g/mol. The molecule has 2 aliphatic rings. The van der Waals surface area contributed by atoms with Crippen molar-refractivity contribution in [1.29, 1.82) is 0 Å². The van der Waals surface area contributed by atoms with Crippen molar-refractivity contribution in [2.75, 3.05) is 43.4 Å². The number of β-amino-alcohol motifs (C(OH)–C–C–N with tert-alkyl or cyclic N) is 1. The summed E-state index contributed by atoms with van der Waals surface area (Å²) in [6.07, 6.45) is 9.71. The first kappa shape index (κ1) is 35.2.